The van der Waals surface area contributed by atoms with Gasteiger partial charge in [0.25, 0.3) is 0 Å². The van der Waals surface area contributed by atoms with E-state index in [2.05, 4.69) is 31.3 Å². The van der Waals surface area contributed by atoms with E-state index in [1.165, 1.54) is 5.56 Å². The second-order valence-electron chi connectivity index (χ2n) is 4.87. The van der Waals surface area contributed by atoms with Gasteiger partial charge in [-0.25, -0.2) is 4.79 Å². The molecule has 18 heavy (non-hydrogen) atoms. The molecule has 0 amide bonds. The van der Waals surface area contributed by atoms with E-state index in [4.69, 9.17) is 4.74 Å². The second kappa shape index (κ2) is 6.01. The summed E-state index contributed by atoms with van der Waals surface area (Å²) >= 11 is 0. The number of carbonyl (C=O) groups is 1. The van der Waals surface area contributed by atoms with Crippen molar-refractivity contribution < 1.29 is 9.53 Å². The van der Waals surface area contributed by atoms with Crippen molar-refractivity contribution in [3.8, 4) is 0 Å². The number of rotatable bonds is 5. The van der Waals surface area contributed by atoms with Crippen LogP contribution in [0, 0.1) is 0 Å². The van der Waals surface area contributed by atoms with Crippen LogP contribution in [0.5, 0.6) is 0 Å². The van der Waals surface area contributed by atoms with E-state index in [0.29, 0.717) is 12.5 Å². The van der Waals surface area contributed by atoms with Gasteiger partial charge in [0, 0.05) is 0 Å². The molecule has 0 aliphatic heterocycles. The Morgan fingerprint density at radius 2 is 1.89 bits per heavy atom. The lowest BCUT2D eigenvalue weighted by Crippen LogP contribution is -2.45. The summed E-state index contributed by atoms with van der Waals surface area (Å²) in [6.07, 6.45) is 0. The molecule has 0 aliphatic carbocycles. The lowest BCUT2D eigenvalue weighted by atomic mass is 9.90. The Bertz CT molecular complexity index is 397. The van der Waals surface area contributed by atoms with Gasteiger partial charge < -0.3 is 10.1 Å². The normalized spacial score (nSPS) is 14.3. The van der Waals surface area contributed by atoms with Gasteiger partial charge in [0.2, 0.25) is 0 Å². The number of ether oxygens (including phenoxy) is 1. The van der Waals surface area contributed by atoms with Crippen molar-refractivity contribution >= 4 is 5.97 Å². The van der Waals surface area contributed by atoms with Crippen LogP contribution in [0.2, 0.25) is 0 Å². The van der Waals surface area contributed by atoms with Crippen molar-refractivity contribution in [3.63, 3.8) is 0 Å². The van der Waals surface area contributed by atoms with Gasteiger partial charge in [0.1, 0.15) is 5.54 Å². The third-order valence-corrected chi connectivity index (χ3v) is 3.34. The third kappa shape index (κ3) is 2.91. The van der Waals surface area contributed by atoms with Crippen LogP contribution >= 0.6 is 0 Å². The zero-order chi connectivity index (χ0) is 13.8. The summed E-state index contributed by atoms with van der Waals surface area (Å²) in [5.74, 6) is 0.243. The van der Waals surface area contributed by atoms with Gasteiger partial charge in [-0.2, -0.15) is 0 Å². The first-order chi connectivity index (χ1) is 8.45. The van der Waals surface area contributed by atoms with E-state index >= 15 is 0 Å². The first kappa shape index (κ1) is 14.7. The Morgan fingerprint density at radius 1 is 1.33 bits per heavy atom. The number of carbonyl (C=O) groups excluding carboxylic acids is 1. The summed E-state index contributed by atoms with van der Waals surface area (Å²) in [5, 5.41) is 3.05. The maximum Gasteiger partial charge on any atom is 0.330 e. The number of hydrogen-bond donors (Lipinski definition) is 1. The fraction of sp³-hybridized carbons (Fsp3) is 0.533. The average molecular weight is 249 g/mol. The zero-order valence-corrected chi connectivity index (χ0v) is 11.9. The van der Waals surface area contributed by atoms with Crippen LogP contribution < -0.4 is 5.32 Å². The standard InChI is InChI=1S/C15H23NO2/c1-6-18-14(17)15(4,16-5)13-9-7-12(8-10-13)11(2)3/h7-11,16H,6H2,1-5H3. The lowest BCUT2D eigenvalue weighted by Gasteiger charge is -2.27. The minimum Gasteiger partial charge on any atom is -0.464 e. The molecular formula is C15H23NO2. The Hall–Kier alpha value is -1.35. The molecule has 0 saturated carbocycles. The van der Waals surface area contributed by atoms with E-state index in [0.717, 1.165) is 5.56 Å². The highest BCUT2D eigenvalue weighted by Crippen LogP contribution is 2.24. The van der Waals surface area contributed by atoms with Crippen LogP contribution in [0.15, 0.2) is 24.3 Å². The molecule has 0 saturated heterocycles. The molecule has 1 N–H and O–H groups in total. The smallest absolute Gasteiger partial charge is 0.330 e. The van der Waals surface area contributed by atoms with E-state index in [9.17, 15) is 4.79 Å². The molecule has 0 heterocycles. The van der Waals surface area contributed by atoms with Crippen LogP contribution in [-0.2, 0) is 15.1 Å². The molecule has 0 fully saturated rings. The van der Waals surface area contributed by atoms with Crippen LogP contribution in [0.3, 0.4) is 0 Å². The maximum atomic E-state index is 12.0. The molecule has 1 atom stereocenters. The molecule has 3 nitrogen and oxygen atoms in total. The molecule has 0 aliphatic rings. The fourth-order valence-corrected chi connectivity index (χ4v) is 1.84. The SMILES string of the molecule is CCOC(=O)C(C)(NC)c1ccc(C(C)C)cc1. The molecule has 3 heteroatoms. The Morgan fingerprint density at radius 3 is 2.28 bits per heavy atom. The fourth-order valence-electron chi connectivity index (χ4n) is 1.84. The van der Waals surface area contributed by atoms with Crippen LogP contribution in [-0.4, -0.2) is 19.6 Å². The summed E-state index contributed by atoms with van der Waals surface area (Å²) in [6, 6.07) is 8.11. The molecular weight excluding hydrogens is 226 g/mol. The van der Waals surface area contributed by atoms with E-state index in [1.54, 1.807) is 7.05 Å². The Labute approximate surface area is 110 Å². The van der Waals surface area contributed by atoms with Gasteiger partial charge in [0.15, 0.2) is 0 Å². The number of esters is 1. The topological polar surface area (TPSA) is 38.3 Å². The predicted octanol–water partition coefficient (Wildman–Crippen LogP) is 2.81. The monoisotopic (exact) mass is 249 g/mol. The molecule has 1 unspecified atom stereocenters. The van der Waals surface area contributed by atoms with Crippen molar-refractivity contribution in [2.24, 2.45) is 0 Å². The van der Waals surface area contributed by atoms with Crippen LogP contribution in [0.1, 0.15) is 44.7 Å². The number of nitrogens with one attached hydrogen (secondary N) is 1. The summed E-state index contributed by atoms with van der Waals surface area (Å²) in [6.45, 7) is 8.35. The summed E-state index contributed by atoms with van der Waals surface area (Å²) < 4.78 is 5.13. The second-order valence-corrected chi connectivity index (χ2v) is 4.87. The van der Waals surface area contributed by atoms with Crippen molar-refractivity contribution in [3.05, 3.63) is 35.4 Å². The van der Waals surface area contributed by atoms with Gasteiger partial charge >= 0.3 is 5.97 Å². The van der Waals surface area contributed by atoms with Crippen molar-refractivity contribution in [1.82, 2.24) is 5.32 Å². The summed E-state index contributed by atoms with van der Waals surface area (Å²) in [5.41, 5.74) is 1.40. The zero-order valence-electron chi connectivity index (χ0n) is 11.9. The Kier molecular flexibility index (Phi) is 4.91. The highest BCUT2D eigenvalue weighted by molar-refractivity contribution is 5.82. The molecule has 100 valence electrons. The number of hydrogen-bond acceptors (Lipinski definition) is 3. The van der Waals surface area contributed by atoms with Crippen LogP contribution in [0.4, 0.5) is 0 Å². The summed E-state index contributed by atoms with van der Waals surface area (Å²) in [7, 11) is 1.77. The highest BCUT2D eigenvalue weighted by atomic mass is 16.5. The van der Waals surface area contributed by atoms with Crippen LogP contribution in [0.25, 0.3) is 0 Å². The third-order valence-electron chi connectivity index (χ3n) is 3.34. The lowest BCUT2D eigenvalue weighted by molar-refractivity contribution is -0.150. The first-order valence-electron chi connectivity index (χ1n) is 6.42. The minimum atomic E-state index is -0.786. The van der Waals surface area contributed by atoms with Crippen molar-refractivity contribution in [1.29, 1.82) is 0 Å². The van der Waals surface area contributed by atoms with Gasteiger partial charge in [-0.05, 0) is 37.9 Å². The van der Waals surface area contributed by atoms with E-state index in [-0.39, 0.29) is 5.97 Å². The maximum absolute atomic E-state index is 12.0. The predicted molar refractivity (Wildman–Crippen MR) is 73.6 cm³/mol. The minimum absolute atomic E-state index is 0.246. The van der Waals surface area contributed by atoms with E-state index < -0.39 is 5.54 Å². The largest absolute Gasteiger partial charge is 0.464 e. The van der Waals surface area contributed by atoms with E-state index in [1.807, 2.05) is 26.0 Å². The quantitative estimate of drug-likeness (QED) is 0.815. The van der Waals surface area contributed by atoms with Gasteiger partial charge in [-0.15, -0.1) is 0 Å². The van der Waals surface area contributed by atoms with Crippen molar-refractivity contribution in [2.75, 3.05) is 13.7 Å². The summed E-state index contributed by atoms with van der Waals surface area (Å²) in [4.78, 5) is 12.0. The average Bonchev–Trinajstić information content (AvgIpc) is 2.38. The highest BCUT2D eigenvalue weighted by Gasteiger charge is 2.34. The number of likely N-dealkylation sites (N-methyl/N-ethyl adjacent to an activating group) is 1. The van der Waals surface area contributed by atoms with Gasteiger partial charge in [0.05, 0.1) is 6.61 Å². The first-order valence-corrected chi connectivity index (χ1v) is 6.42. The van der Waals surface area contributed by atoms with Gasteiger partial charge in [-0.1, -0.05) is 38.1 Å². The Balaban J connectivity index is 3.04. The van der Waals surface area contributed by atoms with Crippen molar-refractivity contribution in [2.45, 2.75) is 39.2 Å². The molecule has 0 bridgehead atoms. The molecule has 1 aromatic rings. The molecule has 1 aromatic carbocycles. The molecule has 0 aromatic heterocycles. The molecule has 0 radical (unpaired) electrons. The van der Waals surface area contributed by atoms with Gasteiger partial charge in [-0.3, -0.25) is 0 Å². The molecule has 1 rings (SSSR count). The molecule has 0 spiro atoms. The number of benzene rings is 1.